The maximum Gasteiger partial charge on any atom is 0.270 e. The molecule has 0 saturated heterocycles. The fourth-order valence-electron chi connectivity index (χ4n) is 0.710. The van der Waals surface area contributed by atoms with Crippen molar-refractivity contribution in [2.24, 2.45) is 0 Å². The largest absolute Gasteiger partial charge is 0.492 e. The highest BCUT2D eigenvalue weighted by Crippen LogP contribution is 2.03. The predicted octanol–water partition coefficient (Wildman–Crippen LogP) is -0.791. The molecule has 0 bridgehead atoms. The Morgan fingerprint density at radius 3 is 3.00 bits per heavy atom. The van der Waals surface area contributed by atoms with Gasteiger partial charge in [-0.25, -0.2) is 4.98 Å². The molecule has 5 heteroatoms. The minimum Gasteiger partial charge on any atom is -0.492 e. The molecule has 0 amide bonds. The molecule has 5 nitrogen and oxygen atoms in total. The Bertz CT molecular complexity index is 400. The lowest BCUT2D eigenvalue weighted by molar-refractivity contribution is 0.305. The van der Waals surface area contributed by atoms with E-state index in [0.717, 1.165) is 6.33 Å². The molecule has 3 N–H and O–H groups in total. The number of aromatic nitrogens is 2. The summed E-state index contributed by atoms with van der Waals surface area (Å²) in [4.78, 5) is 16.7. The Hall–Kier alpha value is -1.80. The predicted molar refractivity (Wildman–Crippen MR) is 45.1 cm³/mol. The molecule has 0 aromatic carbocycles. The average molecular weight is 180 g/mol. The Kier molecular flexibility index (Phi) is 3.06. The molecule has 0 atom stereocenters. The summed E-state index contributed by atoms with van der Waals surface area (Å²) in [5, 5.41) is 17.5. The zero-order valence-electron chi connectivity index (χ0n) is 6.74. The highest BCUT2D eigenvalue weighted by atomic mass is 16.3. The molecule has 0 radical (unpaired) electrons. The van der Waals surface area contributed by atoms with Crippen molar-refractivity contribution in [3.63, 3.8) is 0 Å². The van der Waals surface area contributed by atoms with E-state index < -0.39 is 11.4 Å². The fraction of sp³-hybridized carbons (Fsp3) is 0.250. The van der Waals surface area contributed by atoms with Gasteiger partial charge in [0.15, 0.2) is 5.56 Å². The van der Waals surface area contributed by atoms with E-state index in [0.29, 0.717) is 0 Å². The number of hydrogen-bond acceptors (Lipinski definition) is 4. The molecule has 13 heavy (non-hydrogen) atoms. The van der Waals surface area contributed by atoms with Crippen LogP contribution in [0.5, 0.6) is 5.88 Å². The monoisotopic (exact) mass is 180 g/mol. The third-order valence-electron chi connectivity index (χ3n) is 1.28. The molecule has 1 aromatic rings. The van der Waals surface area contributed by atoms with Crippen LogP contribution >= 0.6 is 0 Å². The van der Waals surface area contributed by atoms with E-state index in [1.165, 1.54) is 0 Å². The van der Waals surface area contributed by atoms with Crippen molar-refractivity contribution in [2.45, 2.75) is 6.42 Å². The van der Waals surface area contributed by atoms with E-state index in [9.17, 15) is 4.79 Å². The van der Waals surface area contributed by atoms with E-state index in [-0.39, 0.29) is 18.6 Å². The van der Waals surface area contributed by atoms with Gasteiger partial charge in [0.05, 0.1) is 12.9 Å². The SMILES string of the molecule is O=c1[nH]cnc(O)c1C#CCCO. The van der Waals surface area contributed by atoms with Crippen molar-refractivity contribution in [2.75, 3.05) is 6.61 Å². The molecule has 0 aliphatic heterocycles. The smallest absolute Gasteiger partial charge is 0.270 e. The molecular weight excluding hydrogens is 172 g/mol. The van der Waals surface area contributed by atoms with Gasteiger partial charge in [-0.3, -0.25) is 4.79 Å². The summed E-state index contributed by atoms with van der Waals surface area (Å²) in [6.45, 7) is -0.0775. The zero-order chi connectivity index (χ0) is 9.68. The first-order valence-corrected chi connectivity index (χ1v) is 3.62. The Morgan fingerprint density at radius 2 is 2.38 bits per heavy atom. The van der Waals surface area contributed by atoms with Crippen molar-refractivity contribution in [1.82, 2.24) is 9.97 Å². The maximum absolute atomic E-state index is 11.0. The van der Waals surface area contributed by atoms with Crippen LogP contribution < -0.4 is 5.56 Å². The Morgan fingerprint density at radius 1 is 1.62 bits per heavy atom. The maximum atomic E-state index is 11.0. The minimum atomic E-state index is -0.488. The lowest BCUT2D eigenvalue weighted by Crippen LogP contribution is -2.09. The number of aliphatic hydroxyl groups excluding tert-OH is 1. The van der Waals surface area contributed by atoms with Crippen molar-refractivity contribution in [3.05, 3.63) is 22.2 Å². The molecule has 0 unspecified atom stereocenters. The van der Waals surface area contributed by atoms with Crippen molar-refractivity contribution >= 4 is 0 Å². The third kappa shape index (κ3) is 2.32. The first-order valence-electron chi connectivity index (χ1n) is 3.62. The number of aromatic hydroxyl groups is 1. The van der Waals surface area contributed by atoms with E-state index in [1.54, 1.807) is 0 Å². The van der Waals surface area contributed by atoms with Gasteiger partial charge >= 0.3 is 0 Å². The van der Waals surface area contributed by atoms with Crippen LogP contribution in [0.15, 0.2) is 11.1 Å². The topological polar surface area (TPSA) is 86.2 Å². The number of nitrogens with one attached hydrogen (secondary N) is 1. The molecule has 0 fully saturated rings. The van der Waals surface area contributed by atoms with Gasteiger partial charge in [-0.2, -0.15) is 0 Å². The second kappa shape index (κ2) is 4.28. The molecule has 0 spiro atoms. The van der Waals surface area contributed by atoms with Crippen LogP contribution in [-0.4, -0.2) is 26.8 Å². The van der Waals surface area contributed by atoms with E-state index in [4.69, 9.17) is 10.2 Å². The number of aromatic amines is 1. The summed E-state index contributed by atoms with van der Waals surface area (Å²) in [5.74, 6) is 4.53. The highest BCUT2D eigenvalue weighted by Gasteiger charge is 2.02. The van der Waals surface area contributed by atoms with Crippen LogP contribution in [0.3, 0.4) is 0 Å². The zero-order valence-corrected chi connectivity index (χ0v) is 6.74. The first-order chi connectivity index (χ1) is 6.25. The molecule has 1 aromatic heterocycles. The average Bonchev–Trinajstić information content (AvgIpc) is 2.10. The van der Waals surface area contributed by atoms with Gasteiger partial charge in [0, 0.05) is 6.42 Å². The van der Waals surface area contributed by atoms with Gasteiger partial charge in [0.2, 0.25) is 5.88 Å². The van der Waals surface area contributed by atoms with Gasteiger partial charge < -0.3 is 15.2 Å². The second-order valence-electron chi connectivity index (χ2n) is 2.21. The van der Waals surface area contributed by atoms with Gasteiger partial charge in [-0.15, -0.1) is 0 Å². The quantitative estimate of drug-likeness (QED) is 0.494. The summed E-state index contributed by atoms with van der Waals surface area (Å²) in [6, 6.07) is 0. The summed E-state index contributed by atoms with van der Waals surface area (Å²) >= 11 is 0. The van der Waals surface area contributed by atoms with Crippen LogP contribution in [0.25, 0.3) is 0 Å². The van der Waals surface area contributed by atoms with Crippen molar-refractivity contribution in [3.8, 4) is 17.7 Å². The van der Waals surface area contributed by atoms with Crippen LogP contribution in [-0.2, 0) is 0 Å². The number of nitrogens with zero attached hydrogens (tertiary/aromatic N) is 1. The van der Waals surface area contributed by atoms with E-state index in [2.05, 4.69) is 21.8 Å². The molecule has 0 saturated carbocycles. The van der Waals surface area contributed by atoms with Crippen LogP contribution in [0.4, 0.5) is 0 Å². The summed E-state index contributed by atoms with van der Waals surface area (Å²) < 4.78 is 0. The van der Waals surface area contributed by atoms with E-state index in [1.807, 2.05) is 0 Å². The molecule has 1 heterocycles. The normalized spacial score (nSPS) is 9.00. The number of rotatable bonds is 1. The highest BCUT2D eigenvalue weighted by molar-refractivity contribution is 5.38. The standard InChI is InChI=1S/C8H8N2O3/c11-4-2-1-3-6-7(12)9-5-10-8(6)13/h5,11H,2,4H2,(H2,9,10,12,13). The lowest BCUT2D eigenvalue weighted by atomic mass is 10.3. The molecular formula is C8H8N2O3. The third-order valence-corrected chi connectivity index (χ3v) is 1.28. The number of hydrogen-bond donors (Lipinski definition) is 3. The lowest BCUT2D eigenvalue weighted by Gasteiger charge is -1.91. The van der Waals surface area contributed by atoms with Gasteiger partial charge in [-0.1, -0.05) is 11.8 Å². The van der Waals surface area contributed by atoms with Crippen molar-refractivity contribution in [1.29, 1.82) is 0 Å². The molecule has 1 rings (SSSR count). The van der Waals surface area contributed by atoms with Crippen molar-refractivity contribution < 1.29 is 10.2 Å². The van der Waals surface area contributed by atoms with Gasteiger partial charge in [0.1, 0.15) is 0 Å². The molecule has 68 valence electrons. The number of H-pyrrole nitrogens is 1. The van der Waals surface area contributed by atoms with Crippen LogP contribution in [0.2, 0.25) is 0 Å². The van der Waals surface area contributed by atoms with Gasteiger partial charge in [-0.05, 0) is 0 Å². The Balaban J connectivity index is 3.02. The minimum absolute atomic E-state index is 0.0732. The molecule has 0 aliphatic rings. The molecule has 0 aliphatic carbocycles. The Labute approximate surface area is 74.1 Å². The van der Waals surface area contributed by atoms with Crippen LogP contribution in [0, 0.1) is 11.8 Å². The first kappa shape index (κ1) is 9.29. The van der Waals surface area contributed by atoms with Gasteiger partial charge in [0.25, 0.3) is 5.56 Å². The summed E-state index contributed by atoms with van der Waals surface area (Å²) in [7, 11) is 0. The number of aliphatic hydroxyl groups is 1. The van der Waals surface area contributed by atoms with E-state index >= 15 is 0 Å². The summed E-state index contributed by atoms with van der Waals surface area (Å²) in [6.07, 6.45) is 1.35. The second-order valence-corrected chi connectivity index (χ2v) is 2.21. The van der Waals surface area contributed by atoms with Crippen LogP contribution in [0.1, 0.15) is 12.0 Å². The fourth-order valence-corrected chi connectivity index (χ4v) is 0.710. The summed E-state index contributed by atoms with van der Waals surface area (Å²) in [5.41, 5.74) is -0.561.